The molecule has 92 valence electrons. The van der Waals surface area contributed by atoms with Crippen LogP contribution in [0.2, 0.25) is 0 Å². The van der Waals surface area contributed by atoms with Crippen molar-refractivity contribution in [1.29, 1.82) is 0 Å². The molecule has 0 bridgehead atoms. The summed E-state index contributed by atoms with van der Waals surface area (Å²) in [6.45, 7) is 3.22. The fraction of sp³-hybridized carbons (Fsp3) is 0.417. The Bertz CT molecular complexity index is 405. The van der Waals surface area contributed by atoms with E-state index in [0.717, 1.165) is 5.56 Å². The maximum atomic E-state index is 12.0. The number of carbonyl (C=O) groups is 2. The van der Waals surface area contributed by atoms with E-state index in [4.69, 9.17) is 5.11 Å². The van der Waals surface area contributed by atoms with Crippen molar-refractivity contribution in [2.75, 3.05) is 7.05 Å². The van der Waals surface area contributed by atoms with Gasteiger partial charge in [-0.1, -0.05) is 6.07 Å². The van der Waals surface area contributed by atoms with Gasteiger partial charge in [-0.15, -0.1) is 0 Å². The summed E-state index contributed by atoms with van der Waals surface area (Å²) in [5, 5.41) is 8.85. The third-order valence-electron chi connectivity index (χ3n) is 2.84. The first-order chi connectivity index (χ1) is 7.95. The summed E-state index contributed by atoms with van der Waals surface area (Å²) in [4.78, 5) is 28.0. The van der Waals surface area contributed by atoms with Gasteiger partial charge in [-0.25, -0.2) is 4.79 Å². The van der Waals surface area contributed by atoms with Crippen molar-refractivity contribution >= 4 is 11.9 Å². The Morgan fingerprint density at radius 3 is 2.53 bits per heavy atom. The molecule has 0 aliphatic rings. The van der Waals surface area contributed by atoms with Crippen molar-refractivity contribution in [3.05, 3.63) is 30.1 Å². The number of carboxylic acid groups (broad SMARTS) is 1. The van der Waals surface area contributed by atoms with Crippen LogP contribution in [0.3, 0.4) is 0 Å². The zero-order chi connectivity index (χ0) is 13.0. The fourth-order valence-electron chi connectivity index (χ4n) is 1.44. The minimum absolute atomic E-state index is 0.229. The molecule has 2 atom stereocenters. The number of carboxylic acids is 1. The number of hydrogen-bond acceptors (Lipinski definition) is 3. The molecule has 2 unspecified atom stereocenters. The summed E-state index contributed by atoms with van der Waals surface area (Å²) < 4.78 is 0. The summed E-state index contributed by atoms with van der Waals surface area (Å²) >= 11 is 0. The van der Waals surface area contributed by atoms with E-state index < -0.39 is 17.9 Å². The third-order valence-corrected chi connectivity index (χ3v) is 2.84. The van der Waals surface area contributed by atoms with Gasteiger partial charge < -0.3 is 10.0 Å². The van der Waals surface area contributed by atoms with Gasteiger partial charge in [0.25, 0.3) is 0 Å². The lowest BCUT2D eigenvalue weighted by atomic mass is 10.0. The molecule has 1 heterocycles. The molecule has 1 aromatic rings. The van der Waals surface area contributed by atoms with Gasteiger partial charge in [-0.2, -0.15) is 0 Å². The van der Waals surface area contributed by atoms with E-state index in [2.05, 4.69) is 4.98 Å². The third kappa shape index (κ3) is 3.03. The second kappa shape index (κ2) is 5.43. The van der Waals surface area contributed by atoms with Gasteiger partial charge in [0, 0.05) is 19.4 Å². The summed E-state index contributed by atoms with van der Waals surface area (Å²) in [6, 6.07) is 2.72. The predicted octanol–water partition coefficient (Wildman–Crippen LogP) is 1.12. The number of pyridine rings is 1. The SMILES string of the molecule is CC(C(=O)N(C)C(C)C(=O)O)c1cccnc1. The topological polar surface area (TPSA) is 70.5 Å². The number of likely N-dealkylation sites (N-methyl/N-ethyl adjacent to an activating group) is 1. The molecule has 0 aliphatic heterocycles. The van der Waals surface area contributed by atoms with E-state index in [9.17, 15) is 9.59 Å². The maximum Gasteiger partial charge on any atom is 0.326 e. The van der Waals surface area contributed by atoms with E-state index in [1.165, 1.54) is 18.9 Å². The molecule has 1 amide bonds. The van der Waals surface area contributed by atoms with Crippen molar-refractivity contribution in [3.63, 3.8) is 0 Å². The molecule has 17 heavy (non-hydrogen) atoms. The predicted molar refractivity (Wildman–Crippen MR) is 62.5 cm³/mol. The molecule has 5 nitrogen and oxygen atoms in total. The highest BCUT2D eigenvalue weighted by molar-refractivity contribution is 5.87. The Balaban J connectivity index is 2.80. The van der Waals surface area contributed by atoms with Crippen LogP contribution in [0.4, 0.5) is 0 Å². The minimum Gasteiger partial charge on any atom is -0.480 e. The van der Waals surface area contributed by atoms with Crippen LogP contribution >= 0.6 is 0 Å². The van der Waals surface area contributed by atoms with Gasteiger partial charge in [0.15, 0.2) is 0 Å². The van der Waals surface area contributed by atoms with Crippen LogP contribution in [0.15, 0.2) is 24.5 Å². The number of hydrogen-bond donors (Lipinski definition) is 1. The van der Waals surface area contributed by atoms with Gasteiger partial charge in [-0.3, -0.25) is 9.78 Å². The molecule has 0 saturated carbocycles. The molecule has 0 fully saturated rings. The Kier molecular flexibility index (Phi) is 4.20. The summed E-state index contributed by atoms with van der Waals surface area (Å²) in [5.74, 6) is -1.64. The van der Waals surface area contributed by atoms with E-state index in [1.807, 2.05) is 0 Å². The smallest absolute Gasteiger partial charge is 0.326 e. The van der Waals surface area contributed by atoms with Gasteiger partial charge >= 0.3 is 5.97 Å². The normalized spacial score (nSPS) is 13.8. The average molecular weight is 236 g/mol. The molecule has 1 aromatic heterocycles. The molecule has 0 spiro atoms. The van der Waals surface area contributed by atoms with Crippen LogP contribution in [0.25, 0.3) is 0 Å². The van der Waals surface area contributed by atoms with E-state index in [0.29, 0.717) is 0 Å². The Hall–Kier alpha value is -1.91. The number of aromatic nitrogens is 1. The minimum atomic E-state index is -1.01. The molecule has 1 rings (SSSR count). The van der Waals surface area contributed by atoms with Crippen LogP contribution < -0.4 is 0 Å². The number of aliphatic carboxylic acids is 1. The van der Waals surface area contributed by atoms with Crippen molar-refractivity contribution in [2.45, 2.75) is 25.8 Å². The quantitative estimate of drug-likeness (QED) is 0.850. The van der Waals surface area contributed by atoms with Crippen LogP contribution in [0.1, 0.15) is 25.3 Å². The highest BCUT2D eigenvalue weighted by Gasteiger charge is 2.26. The molecule has 0 aliphatic carbocycles. The standard InChI is InChI=1S/C12H16N2O3/c1-8(10-5-4-6-13-7-10)11(15)14(3)9(2)12(16)17/h4-9H,1-3H3,(H,16,17). The van der Waals surface area contributed by atoms with Gasteiger partial charge in [0.05, 0.1) is 5.92 Å². The maximum absolute atomic E-state index is 12.0. The first-order valence-electron chi connectivity index (χ1n) is 5.34. The molecule has 0 aromatic carbocycles. The highest BCUT2D eigenvalue weighted by atomic mass is 16.4. The monoisotopic (exact) mass is 236 g/mol. The Morgan fingerprint density at radius 2 is 2.06 bits per heavy atom. The van der Waals surface area contributed by atoms with Crippen molar-refractivity contribution in [3.8, 4) is 0 Å². The Morgan fingerprint density at radius 1 is 1.41 bits per heavy atom. The summed E-state index contributed by atoms with van der Waals surface area (Å²) in [7, 11) is 1.49. The summed E-state index contributed by atoms with van der Waals surface area (Å²) in [6.07, 6.45) is 3.24. The fourth-order valence-corrected chi connectivity index (χ4v) is 1.44. The highest BCUT2D eigenvalue weighted by Crippen LogP contribution is 2.17. The van der Waals surface area contributed by atoms with Crippen molar-refractivity contribution < 1.29 is 14.7 Å². The zero-order valence-electron chi connectivity index (χ0n) is 10.1. The number of amides is 1. The molecule has 0 saturated heterocycles. The van der Waals surface area contributed by atoms with Crippen LogP contribution in [-0.4, -0.2) is 40.0 Å². The first-order valence-corrected chi connectivity index (χ1v) is 5.34. The van der Waals surface area contributed by atoms with E-state index in [1.54, 1.807) is 31.5 Å². The molecule has 1 N–H and O–H groups in total. The average Bonchev–Trinajstić information content (AvgIpc) is 2.36. The lowest BCUT2D eigenvalue weighted by molar-refractivity contribution is -0.148. The lowest BCUT2D eigenvalue weighted by Crippen LogP contribution is -2.42. The van der Waals surface area contributed by atoms with Gasteiger partial charge in [0.1, 0.15) is 6.04 Å². The molecular weight excluding hydrogens is 220 g/mol. The second-order valence-corrected chi connectivity index (χ2v) is 3.97. The number of carbonyl (C=O) groups excluding carboxylic acids is 1. The van der Waals surface area contributed by atoms with E-state index in [-0.39, 0.29) is 5.91 Å². The second-order valence-electron chi connectivity index (χ2n) is 3.97. The molecule has 0 radical (unpaired) electrons. The summed E-state index contributed by atoms with van der Waals surface area (Å²) in [5.41, 5.74) is 0.780. The van der Waals surface area contributed by atoms with Crippen LogP contribution in [0.5, 0.6) is 0 Å². The van der Waals surface area contributed by atoms with E-state index >= 15 is 0 Å². The van der Waals surface area contributed by atoms with Crippen LogP contribution in [-0.2, 0) is 9.59 Å². The van der Waals surface area contributed by atoms with Crippen LogP contribution in [0, 0.1) is 0 Å². The van der Waals surface area contributed by atoms with Gasteiger partial charge in [-0.05, 0) is 25.5 Å². The van der Waals surface area contributed by atoms with Crippen molar-refractivity contribution in [1.82, 2.24) is 9.88 Å². The van der Waals surface area contributed by atoms with Gasteiger partial charge in [0.2, 0.25) is 5.91 Å². The number of nitrogens with zero attached hydrogens (tertiary/aromatic N) is 2. The first kappa shape index (κ1) is 13.2. The Labute approximate surface area is 100 Å². The number of rotatable bonds is 4. The lowest BCUT2D eigenvalue weighted by Gasteiger charge is -2.24. The zero-order valence-corrected chi connectivity index (χ0v) is 10.1. The molecule has 5 heteroatoms. The van der Waals surface area contributed by atoms with Crippen molar-refractivity contribution in [2.24, 2.45) is 0 Å². The molecular formula is C12H16N2O3. The largest absolute Gasteiger partial charge is 0.480 e.